The number of amides is 1. The van der Waals surface area contributed by atoms with Crippen molar-refractivity contribution in [1.82, 2.24) is 10.2 Å². The van der Waals surface area contributed by atoms with E-state index in [4.69, 9.17) is 4.74 Å². The number of rotatable bonds is 6. The van der Waals surface area contributed by atoms with Crippen LogP contribution in [-0.4, -0.2) is 36.8 Å². The van der Waals surface area contributed by atoms with Crippen molar-refractivity contribution in [3.05, 3.63) is 29.3 Å². The third-order valence-corrected chi connectivity index (χ3v) is 3.75. The third-order valence-electron chi connectivity index (χ3n) is 2.89. The van der Waals surface area contributed by atoms with Crippen molar-refractivity contribution in [2.24, 2.45) is 0 Å². The average molecular weight is 306 g/mol. The molecule has 0 aliphatic rings. The number of hydrogen-bond acceptors (Lipinski definition) is 6. The van der Waals surface area contributed by atoms with Crippen LogP contribution in [0.1, 0.15) is 23.1 Å². The summed E-state index contributed by atoms with van der Waals surface area (Å²) in [7, 11) is 3.27. The molecule has 0 unspecified atom stereocenters. The van der Waals surface area contributed by atoms with Crippen molar-refractivity contribution in [2.45, 2.75) is 13.3 Å². The second kappa shape index (κ2) is 7.03. The maximum atomic E-state index is 12.5. The average Bonchev–Trinajstić information content (AvgIpc) is 3.00. The predicted molar refractivity (Wildman–Crippen MR) is 84.4 cm³/mol. The van der Waals surface area contributed by atoms with Gasteiger partial charge in [0.25, 0.3) is 5.91 Å². The fourth-order valence-corrected chi connectivity index (χ4v) is 2.52. The molecule has 1 N–H and O–H groups in total. The van der Waals surface area contributed by atoms with Gasteiger partial charge in [0.15, 0.2) is 0 Å². The number of benzene rings is 1. The van der Waals surface area contributed by atoms with E-state index in [2.05, 4.69) is 22.4 Å². The quantitative estimate of drug-likeness (QED) is 0.888. The highest BCUT2D eigenvalue weighted by atomic mass is 32.1. The number of aromatic nitrogens is 2. The standard InChI is InChI=1S/C14H18N4O2S/c1-4-9-15-14-17-16-12(21-14)13(19)18(2)10-7-5-6-8-11(10)20-3/h5-8H,4,9H2,1-3H3,(H,15,17). The molecule has 0 spiro atoms. The van der Waals surface area contributed by atoms with Gasteiger partial charge in [0, 0.05) is 13.6 Å². The Balaban J connectivity index is 2.17. The largest absolute Gasteiger partial charge is 0.495 e. The number of anilines is 2. The van der Waals surface area contributed by atoms with Crippen LogP contribution in [0.3, 0.4) is 0 Å². The molecule has 2 aromatic rings. The van der Waals surface area contributed by atoms with E-state index in [0.29, 0.717) is 21.6 Å². The Morgan fingerprint density at radius 1 is 1.38 bits per heavy atom. The maximum absolute atomic E-state index is 12.5. The van der Waals surface area contributed by atoms with Crippen LogP contribution in [0.2, 0.25) is 0 Å². The molecular formula is C14H18N4O2S. The van der Waals surface area contributed by atoms with Gasteiger partial charge >= 0.3 is 0 Å². The van der Waals surface area contributed by atoms with Crippen LogP contribution in [0.4, 0.5) is 10.8 Å². The molecule has 0 bridgehead atoms. The van der Waals surface area contributed by atoms with Crippen LogP contribution >= 0.6 is 11.3 Å². The van der Waals surface area contributed by atoms with E-state index >= 15 is 0 Å². The molecule has 0 atom stereocenters. The molecule has 0 aliphatic heterocycles. The molecule has 6 nitrogen and oxygen atoms in total. The summed E-state index contributed by atoms with van der Waals surface area (Å²) in [5.41, 5.74) is 0.697. The van der Waals surface area contributed by atoms with Crippen LogP contribution in [0, 0.1) is 0 Å². The fourth-order valence-electron chi connectivity index (χ4n) is 1.77. The van der Waals surface area contributed by atoms with Gasteiger partial charge in [-0.3, -0.25) is 4.79 Å². The monoisotopic (exact) mass is 306 g/mol. The smallest absolute Gasteiger partial charge is 0.289 e. The highest BCUT2D eigenvalue weighted by Gasteiger charge is 2.20. The van der Waals surface area contributed by atoms with Gasteiger partial charge in [-0.05, 0) is 18.6 Å². The highest BCUT2D eigenvalue weighted by molar-refractivity contribution is 7.17. The Labute approximate surface area is 127 Å². The third kappa shape index (κ3) is 3.49. The maximum Gasteiger partial charge on any atom is 0.289 e. The zero-order valence-corrected chi connectivity index (χ0v) is 13.1. The van der Waals surface area contributed by atoms with E-state index in [-0.39, 0.29) is 5.91 Å². The van der Waals surface area contributed by atoms with Gasteiger partial charge in [-0.2, -0.15) is 0 Å². The van der Waals surface area contributed by atoms with Crippen molar-refractivity contribution >= 4 is 28.1 Å². The Bertz CT molecular complexity index is 615. The molecular weight excluding hydrogens is 288 g/mol. The Morgan fingerprint density at radius 3 is 2.86 bits per heavy atom. The first kappa shape index (κ1) is 15.2. The zero-order valence-electron chi connectivity index (χ0n) is 12.3. The molecule has 1 heterocycles. The van der Waals surface area contributed by atoms with Crippen molar-refractivity contribution in [2.75, 3.05) is 30.9 Å². The van der Waals surface area contributed by atoms with Gasteiger partial charge in [0.05, 0.1) is 12.8 Å². The molecule has 0 saturated carbocycles. The number of carbonyl (C=O) groups excluding carboxylic acids is 1. The lowest BCUT2D eigenvalue weighted by molar-refractivity contribution is 0.0991. The van der Waals surface area contributed by atoms with E-state index in [1.54, 1.807) is 14.2 Å². The summed E-state index contributed by atoms with van der Waals surface area (Å²) in [6.45, 7) is 2.88. The number of methoxy groups -OCH3 is 1. The van der Waals surface area contributed by atoms with Crippen LogP contribution in [0.25, 0.3) is 0 Å². The van der Waals surface area contributed by atoms with Gasteiger partial charge in [0.1, 0.15) is 5.75 Å². The van der Waals surface area contributed by atoms with E-state index in [0.717, 1.165) is 13.0 Å². The number of para-hydroxylation sites is 2. The van der Waals surface area contributed by atoms with E-state index in [1.165, 1.54) is 16.2 Å². The van der Waals surface area contributed by atoms with Crippen molar-refractivity contribution in [3.8, 4) is 5.75 Å². The van der Waals surface area contributed by atoms with Crippen LogP contribution < -0.4 is 15.0 Å². The van der Waals surface area contributed by atoms with Gasteiger partial charge in [-0.1, -0.05) is 30.4 Å². The molecule has 1 aromatic carbocycles. The Hall–Kier alpha value is -2.15. The number of nitrogens with one attached hydrogen (secondary N) is 1. The Morgan fingerprint density at radius 2 is 2.14 bits per heavy atom. The zero-order chi connectivity index (χ0) is 15.2. The van der Waals surface area contributed by atoms with Crippen molar-refractivity contribution in [3.63, 3.8) is 0 Å². The number of nitrogens with zero attached hydrogens (tertiary/aromatic N) is 3. The summed E-state index contributed by atoms with van der Waals surface area (Å²) >= 11 is 1.25. The second-order valence-electron chi connectivity index (χ2n) is 4.38. The van der Waals surface area contributed by atoms with Crippen LogP contribution in [0.5, 0.6) is 5.75 Å². The van der Waals surface area contributed by atoms with Gasteiger partial charge in [-0.15, -0.1) is 10.2 Å². The van der Waals surface area contributed by atoms with E-state index in [9.17, 15) is 4.79 Å². The summed E-state index contributed by atoms with van der Waals surface area (Å²) in [5.74, 6) is 0.434. The molecule has 0 fully saturated rings. The van der Waals surface area contributed by atoms with Gasteiger partial charge in [0.2, 0.25) is 10.1 Å². The minimum Gasteiger partial charge on any atom is -0.495 e. The molecule has 2 rings (SSSR count). The summed E-state index contributed by atoms with van der Waals surface area (Å²) in [4.78, 5) is 14.0. The second-order valence-corrected chi connectivity index (χ2v) is 5.35. The summed E-state index contributed by atoms with van der Waals surface area (Å²) in [6.07, 6.45) is 0.990. The Kier molecular flexibility index (Phi) is 5.10. The van der Waals surface area contributed by atoms with Crippen molar-refractivity contribution < 1.29 is 9.53 Å². The highest BCUT2D eigenvalue weighted by Crippen LogP contribution is 2.28. The first-order valence-corrected chi connectivity index (χ1v) is 7.47. The molecule has 1 amide bonds. The molecule has 21 heavy (non-hydrogen) atoms. The predicted octanol–water partition coefficient (Wildman–Crippen LogP) is 2.65. The lowest BCUT2D eigenvalue weighted by Gasteiger charge is -2.18. The summed E-state index contributed by atoms with van der Waals surface area (Å²) in [5, 5.41) is 12.0. The molecule has 1 aromatic heterocycles. The lowest BCUT2D eigenvalue weighted by atomic mass is 10.2. The molecule has 0 aliphatic carbocycles. The first-order valence-electron chi connectivity index (χ1n) is 6.65. The SMILES string of the molecule is CCCNc1nnc(C(=O)N(C)c2ccccc2OC)s1. The molecule has 0 saturated heterocycles. The topological polar surface area (TPSA) is 67.4 Å². The summed E-state index contributed by atoms with van der Waals surface area (Å²) in [6, 6.07) is 7.36. The minimum atomic E-state index is -0.207. The van der Waals surface area contributed by atoms with E-state index < -0.39 is 0 Å². The lowest BCUT2D eigenvalue weighted by Crippen LogP contribution is -2.26. The number of hydrogen-bond donors (Lipinski definition) is 1. The van der Waals surface area contributed by atoms with Crippen LogP contribution in [0.15, 0.2) is 24.3 Å². The molecule has 7 heteroatoms. The van der Waals surface area contributed by atoms with Crippen LogP contribution in [-0.2, 0) is 0 Å². The van der Waals surface area contributed by atoms with Gasteiger partial charge in [-0.25, -0.2) is 0 Å². The fraction of sp³-hybridized carbons (Fsp3) is 0.357. The number of carbonyl (C=O) groups is 1. The number of ether oxygens (including phenoxy) is 1. The van der Waals surface area contributed by atoms with Crippen molar-refractivity contribution in [1.29, 1.82) is 0 Å². The first-order chi connectivity index (χ1) is 10.2. The normalized spacial score (nSPS) is 10.2. The molecule has 0 radical (unpaired) electrons. The minimum absolute atomic E-state index is 0.207. The summed E-state index contributed by atoms with van der Waals surface area (Å²) < 4.78 is 5.27. The van der Waals surface area contributed by atoms with E-state index in [1.807, 2.05) is 24.3 Å². The molecule has 112 valence electrons. The van der Waals surface area contributed by atoms with Gasteiger partial charge < -0.3 is 15.0 Å².